The van der Waals surface area contributed by atoms with Gasteiger partial charge in [0.05, 0.1) is 19.3 Å². The number of carbonyl (C=O) groups is 2. The first kappa shape index (κ1) is 22.3. The van der Waals surface area contributed by atoms with Crippen LogP contribution in [0.1, 0.15) is 16.2 Å². The van der Waals surface area contributed by atoms with Crippen molar-refractivity contribution in [3.05, 3.63) is 96.3 Å². The molecule has 0 radical (unpaired) electrons. The molecule has 1 heterocycles. The van der Waals surface area contributed by atoms with E-state index in [-0.39, 0.29) is 23.9 Å². The van der Waals surface area contributed by atoms with Gasteiger partial charge in [-0.1, -0.05) is 66.4 Å². The number of nitrogens with one attached hydrogen (secondary N) is 1. The molecular formula is C25H22N4O3S. The largest absolute Gasteiger partial charge is 0.497 e. The quantitative estimate of drug-likeness (QED) is 0.295. The van der Waals surface area contributed by atoms with Crippen LogP contribution in [-0.4, -0.2) is 39.3 Å². The van der Waals surface area contributed by atoms with Crippen LogP contribution in [0, 0.1) is 0 Å². The molecule has 1 amide bonds. The van der Waals surface area contributed by atoms with Crippen LogP contribution >= 0.6 is 11.8 Å². The van der Waals surface area contributed by atoms with E-state index in [1.807, 2.05) is 59.2 Å². The maximum absolute atomic E-state index is 12.7. The molecule has 0 aliphatic rings. The fourth-order valence-corrected chi connectivity index (χ4v) is 4.10. The standard InChI is InChI=1S/C25H22N4O3S/c1-32-21-14-8-11-19(15-21)26-24(31)16-23-27-28-25(29(23)20-12-6-3-7-13-20)33-17-22(30)18-9-4-2-5-10-18/h2-15H,16-17H2,1H3,(H,26,31). The second-order valence-electron chi connectivity index (χ2n) is 7.10. The Morgan fingerprint density at radius 2 is 1.67 bits per heavy atom. The summed E-state index contributed by atoms with van der Waals surface area (Å²) in [6.45, 7) is 0. The van der Waals surface area contributed by atoms with Gasteiger partial charge in [0.1, 0.15) is 11.6 Å². The third kappa shape index (κ3) is 5.67. The molecule has 166 valence electrons. The van der Waals surface area contributed by atoms with E-state index in [2.05, 4.69) is 15.5 Å². The van der Waals surface area contributed by atoms with Crippen molar-refractivity contribution in [1.82, 2.24) is 14.8 Å². The monoisotopic (exact) mass is 458 g/mol. The summed E-state index contributed by atoms with van der Waals surface area (Å²) < 4.78 is 7.02. The van der Waals surface area contributed by atoms with Crippen molar-refractivity contribution in [2.75, 3.05) is 18.2 Å². The lowest BCUT2D eigenvalue weighted by atomic mass is 10.2. The van der Waals surface area contributed by atoms with E-state index in [0.29, 0.717) is 28.0 Å². The number of benzene rings is 3. The Hall–Kier alpha value is -3.91. The van der Waals surface area contributed by atoms with Crippen molar-refractivity contribution in [2.45, 2.75) is 11.6 Å². The van der Waals surface area contributed by atoms with Crippen LogP contribution in [-0.2, 0) is 11.2 Å². The number of para-hydroxylation sites is 1. The van der Waals surface area contributed by atoms with E-state index >= 15 is 0 Å². The molecule has 3 aromatic carbocycles. The van der Waals surface area contributed by atoms with Crippen LogP contribution in [0.4, 0.5) is 5.69 Å². The summed E-state index contributed by atoms with van der Waals surface area (Å²) in [6, 6.07) is 25.8. The molecule has 4 aromatic rings. The first-order chi connectivity index (χ1) is 16.1. The number of anilines is 1. The Morgan fingerprint density at radius 1 is 0.939 bits per heavy atom. The van der Waals surface area contributed by atoms with Crippen LogP contribution in [0.3, 0.4) is 0 Å². The number of ether oxygens (including phenoxy) is 1. The smallest absolute Gasteiger partial charge is 0.232 e. The minimum Gasteiger partial charge on any atom is -0.497 e. The summed E-state index contributed by atoms with van der Waals surface area (Å²) in [5.41, 5.74) is 2.10. The van der Waals surface area contributed by atoms with Gasteiger partial charge in [0.25, 0.3) is 0 Å². The SMILES string of the molecule is COc1cccc(NC(=O)Cc2nnc(SCC(=O)c3ccccc3)n2-c2ccccc2)c1. The first-order valence-electron chi connectivity index (χ1n) is 10.3. The number of Topliss-reactive ketones (excluding diaryl/α,β-unsaturated/α-hetero) is 1. The molecule has 0 atom stereocenters. The van der Waals surface area contributed by atoms with Crippen LogP contribution in [0.25, 0.3) is 5.69 Å². The van der Waals surface area contributed by atoms with Crippen molar-refractivity contribution < 1.29 is 14.3 Å². The van der Waals surface area contributed by atoms with Gasteiger partial charge in [-0.25, -0.2) is 0 Å². The minimum absolute atomic E-state index is 0.000490. The van der Waals surface area contributed by atoms with Crippen LogP contribution < -0.4 is 10.1 Å². The molecule has 4 rings (SSSR count). The summed E-state index contributed by atoms with van der Waals surface area (Å²) in [5, 5.41) is 11.9. The highest BCUT2D eigenvalue weighted by atomic mass is 32.2. The number of methoxy groups -OCH3 is 1. The average molecular weight is 459 g/mol. The number of hydrogen-bond acceptors (Lipinski definition) is 6. The number of hydrogen-bond donors (Lipinski definition) is 1. The molecule has 1 N–H and O–H groups in total. The van der Waals surface area contributed by atoms with Gasteiger partial charge in [-0.05, 0) is 24.3 Å². The van der Waals surface area contributed by atoms with Crippen molar-refractivity contribution in [1.29, 1.82) is 0 Å². The normalized spacial score (nSPS) is 10.6. The molecule has 0 fully saturated rings. The van der Waals surface area contributed by atoms with Gasteiger partial charge in [0.2, 0.25) is 5.91 Å². The molecule has 1 aromatic heterocycles. The van der Waals surface area contributed by atoms with Crippen molar-refractivity contribution >= 4 is 29.1 Å². The summed E-state index contributed by atoms with van der Waals surface area (Å²) in [6.07, 6.45) is 0.0201. The van der Waals surface area contributed by atoms with Gasteiger partial charge < -0.3 is 10.1 Å². The zero-order valence-electron chi connectivity index (χ0n) is 18.0. The Bertz CT molecular complexity index is 1240. The van der Waals surface area contributed by atoms with Crippen LogP contribution in [0.2, 0.25) is 0 Å². The Morgan fingerprint density at radius 3 is 2.39 bits per heavy atom. The van der Waals surface area contributed by atoms with Gasteiger partial charge in [0.15, 0.2) is 10.9 Å². The van der Waals surface area contributed by atoms with Crippen molar-refractivity contribution in [3.63, 3.8) is 0 Å². The van der Waals surface area contributed by atoms with Gasteiger partial charge in [-0.15, -0.1) is 10.2 Å². The second-order valence-corrected chi connectivity index (χ2v) is 8.05. The molecule has 0 saturated heterocycles. The van der Waals surface area contributed by atoms with E-state index in [1.165, 1.54) is 11.8 Å². The number of aromatic nitrogens is 3. The Kier molecular flexibility index (Phi) is 7.16. The Labute approximate surface area is 195 Å². The van der Waals surface area contributed by atoms with Gasteiger partial charge in [-0.3, -0.25) is 14.2 Å². The summed E-state index contributed by atoms with van der Waals surface area (Å²) in [7, 11) is 1.57. The average Bonchev–Trinajstić information content (AvgIpc) is 3.25. The van der Waals surface area contributed by atoms with Crippen molar-refractivity contribution in [3.8, 4) is 11.4 Å². The van der Waals surface area contributed by atoms with E-state index in [9.17, 15) is 9.59 Å². The first-order valence-corrected chi connectivity index (χ1v) is 11.3. The maximum Gasteiger partial charge on any atom is 0.232 e. The third-order valence-corrected chi connectivity index (χ3v) is 5.74. The molecule has 8 heteroatoms. The molecule has 7 nitrogen and oxygen atoms in total. The lowest BCUT2D eigenvalue weighted by molar-refractivity contribution is -0.115. The fraction of sp³-hybridized carbons (Fsp3) is 0.120. The maximum atomic E-state index is 12.7. The van der Waals surface area contributed by atoms with Crippen LogP contribution in [0.5, 0.6) is 5.75 Å². The second kappa shape index (κ2) is 10.6. The topological polar surface area (TPSA) is 86.1 Å². The lowest BCUT2D eigenvalue weighted by Crippen LogP contribution is -2.17. The van der Waals surface area contributed by atoms with E-state index in [4.69, 9.17) is 4.74 Å². The Balaban J connectivity index is 1.53. The van der Waals surface area contributed by atoms with E-state index in [0.717, 1.165) is 5.69 Å². The highest BCUT2D eigenvalue weighted by Gasteiger charge is 2.19. The molecule has 0 unspecified atom stereocenters. The zero-order chi connectivity index (χ0) is 23.0. The number of thioether (sulfide) groups is 1. The van der Waals surface area contributed by atoms with E-state index < -0.39 is 0 Å². The van der Waals surface area contributed by atoms with Crippen LogP contribution in [0.15, 0.2) is 90.1 Å². The molecule has 0 aliphatic carbocycles. The highest BCUT2D eigenvalue weighted by molar-refractivity contribution is 7.99. The fourth-order valence-electron chi connectivity index (χ4n) is 3.23. The number of carbonyl (C=O) groups excluding carboxylic acids is 2. The number of amides is 1. The zero-order valence-corrected chi connectivity index (χ0v) is 18.8. The predicted molar refractivity (Wildman–Crippen MR) is 128 cm³/mol. The lowest BCUT2D eigenvalue weighted by Gasteiger charge is -2.11. The number of ketones is 1. The molecular weight excluding hydrogens is 436 g/mol. The van der Waals surface area contributed by atoms with Gasteiger partial charge in [0, 0.05) is 23.0 Å². The molecule has 33 heavy (non-hydrogen) atoms. The molecule has 0 saturated carbocycles. The minimum atomic E-state index is -0.232. The number of rotatable bonds is 9. The van der Waals surface area contributed by atoms with E-state index in [1.54, 1.807) is 37.4 Å². The highest BCUT2D eigenvalue weighted by Crippen LogP contribution is 2.24. The summed E-state index contributed by atoms with van der Waals surface area (Å²) >= 11 is 1.29. The van der Waals surface area contributed by atoms with Gasteiger partial charge in [-0.2, -0.15) is 0 Å². The number of nitrogens with zero attached hydrogens (tertiary/aromatic N) is 3. The van der Waals surface area contributed by atoms with Gasteiger partial charge >= 0.3 is 0 Å². The third-order valence-electron chi connectivity index (χ3n) is 4.82. The molecule has 0 bridgehead atoms. The predicted octanol–water partition coefficient (Wildman–Crippen LogP) is 4.43. The molecule has 0 aliphatic heterocycles. The molecule has 0 spiro atoms. The summed E-state index contributed by atoms with van der Waals surface area (Å²) in [4.78, 5) is 25.3. The summed E-state index contributed by atoms with van der Waals surface area (Å²) in [5.74, 6) is 1.12. The van der Waals surface area contributed by atoms with Crippen molar-refractivity contribution in [2.24, 2.45) is 0 Å².